The Balaban J connectivity index is 2.07. The Kier molecular flexibility index (Phi) is 6.45. The van der Waals surface area contributed by atoms with Crippen LogP contribution in [0.2, 0.25) is 0 Å². The predicted octanol–water partition coefficient (Wildman–Crippen LogP) is 4.45. The highest BCUT2D eigenvalue weighted by Gasteiger charge is 2.18. The number of rotatable bonds is 7. The molecular weight excluding hydrogens is 394 g/mol. The summed E-state index contributed by atoms with van der Waals surface area (Å²) in [6, 6.07) is 9.75. The highest BCUT2D eigenvalue weighted by Crippen LogP contribution is 2.31. The van der Waals surface area contributed by atoms with Gasteiger partial charge in [0.05, 0.1) is 12.2 Å². The predicted molar refractivity (Wildman–Crippen MR) is 104 cm³/mol. The second-order valence-electron chi connectivity index (χ2n) is 6.18. The maximum absolute atomic E-state index is 14.2. The van der Waals surface area contributed by atoms with E-state index in [1.54, 1.807) is 23.6 Å². The number of benzene rings is 2. The summed E-state index contributed by atoms with van der Waals surface area (Å²) in [4.78, 5) is 12.2. The van der Waals surface area contributed by atoms with E-state index in [-0.39, 0.29) is 41.4 Å². The summed E-state index contributed by atoms with van der Waals surface area (Å²) < 4.78 is 44.8. The van der Waals surface area contributed by atoms with Gasteiger partial charge in [0.15, 0.2) is 6.79 Å². The maximum Gasteiger partial charge on any atom is 0.341 e. The normalized spacial score (nSPS) is 10.5. The Hall–Kier alpha value is -3.70. The van der Waals surface area contributed by atoms with E-state index in [0.29, 0.717) is 5.69 Å². The molecule has 3 rings (SSSR count). The zero-order valence-electron chi connectivity index (χ0n) is 16.3. The molecular formula is C22H18F2N2O4. The number of ether oxygens (including phenoxy) is 3. The lowest BCUT2D eigenvalue weighted by Gasteiger charge is -2.12. The molecule has 1 aromatic heterocycles. The summed E-state index contributed by atoms with van der Waals surface area (Å²) >= 11 is 0. The van der Waals surface area contributed by atoms with Crippen LogP contribution in [0.15, 0.2) is 48.8 Å². The van der Waals surface area contributed by atoms with E-state index in [9.17, 15) is 18.8 Å². The molecule has 0 atom stereocenters. The maximum atomic E-state index is 14.2. The van der Waals surface area contributed by atoms with Gasteiger partial charge in [-0.1, -0.05) is 0 Å². The smallest absolute Gasteiger partial charge is 0.341 e. The van der Waals surface area contributed by atoms with Gasteiger partial charge in [-0.25, -0.2) is 13.6 Å². The number of hydrogen-bond acceptors (Lipinski definition) is 5. The molecule has 8 heteroatoms. The molecule has 0 spiro atoms. The first kappa shape index (κ1) is 21.0. The molecule has 1 heterocycles. The fourth-order valence-corrected chi connectivity index (χ4v) is 2.90. The Labute approximate surface area is 171 Å². The molecule has 6 nitrogen and oxygen atoms in total. The number of aromatic nitrogens is 1. The number of esters is 1. The number of nitriles is 1. The van der Waals surface area contributed by atoms with Crippen molar-refractivity contribution >= 4 is 5.97 Å². The summed E-state index contributed by atoms with van der Waals surface area (Å²) in [5, 5.41) is 9.46. The van der Waals surface area contributed by atoms with E-state index < -0.39 is 17.6 Å². The van der Waals surface area contributed by atoms with Gasteiger partial charge in [0, 0.05) is 42.4 Å². The molecule has 0 N–H and O–H groups in total. The third-order valence-electron chi connectivity index (χ3n) is 4.26. The van der Waals surface area contributed by atoms with Gasteiger partial charge in [-0.15, -0.1) is 0 Å². The van der Waals surface area contributed by atoms with Crippen LogP contribution in [0.25, 0.3) is 16.8 Å². The third-order valence-corrected chi connectivity index (χ3v) is 4.26. The number of carbonyl (C=O) groups excluding carboxylic acids is 1. The van der Waals surface area contributed by atoms with Gasteiger partial charge in [-0.2, -0.15) is 5.26 Å². The largest absolute Gasteiger partial charge is 0.467 e. The van der Waals surface area contributed by atoms with Crippen LogP contribution in [0.5, 0.6) is 5.75 Å². The lowest BCUT2D eigenvalue weighted by atomic mass is 10.0. The van der Waals surface area contributed by atoms with Crippen molar-refractivity contribution in [3.05, 3.63) is 71.6 Å². The Morgan fingerprint density at radius 2 is 1.93 bits per heavy atom. The number of carbonyl (C=O) groups is 1. The van der Waals surface area contributed by atoms with Gasteiger partial charge in [-0.3, -0.25) is 0 Å². The van der Waals surface area contributed by atoms with Gasteiger partial charge in [0.25, 0.3) is 0 Å². The molecule has 0 aliphatic rings. The van der Waals surface area contributed by atoms with E-state index in [1.807, 2.05) is 6.07 Å². The summed E-state index contributed by atoms with van der Waals surface area (Å²) in [6.45, 7) is 1.80. The summed E-state index contributed by atoms with van der Waals surface area (Å²) in [7, 11) is 1.44. The van der Waals surface area contributed by atoms with E-state index >= 15 is 0 Å². The van der Waals surface area contributed by atoms with Crippen LogP contribution in [-0.4, -0.2) is 31.0 Å². The van der Waals surface area contributed by atoms with E-state index in [0.717, 1.165) is 18.2 Å². The standard InChI is InChI=1S/C22H18F2N2O4/c1-3-29-22(27)17-6-5-16(9-21(17)30-13-28-2)26-11-14(10-25)19(12-26)18-8-15(23)4-7-20(18)24/h4-9,11-12H,3,13H2,1-2H3. The first-order valence-corrected chi connectivity index (χ1v) is 8.99. The Bertz CT molecular complexity index is 1120. The fraction of sp³-hybridized carbons (Fsp3) is 0.182. The topological polar surface area (TPSA) is 73.5 Å². The highest BCUT2D eigenvalue weighted by atomic mass is 19.1. The zero-order valence-corrected chi connectivity index (χ0v) is 16.3. The molecule has 154 valence electrons. The van der Waals surface area contributed by atoms with E-state index in [4.69, 9.17) is 14.2 Å². The van der Waals surface area contributed by atoms with Crippen molar-refractivity contribution in [1.82, 2.24) is 4.57 Å². The van der Waals surface area contributed by atoms with Crippen LogP contribution in [0.3, 0.4) is 0 Å². The highest BCUT2D eigenvalue weighted by molar-refractivity contribution is 5.93. The first-order valence-electron chi connectivity index (χ1n) is 8.99. The minimum absolute atomic E-state index is 0.0238. The Morgan fingerprint density at radius 3 is 2.63 bits per heavy atom. The summed E-state index contributed by atoms with van der Waals surface area (Å²) in [5.41, 5.74) is 1.12. The minimum atomic E-state index is -0.646. The van der Waals surface area contributed by atoms with Crippen LogP contribution in [0, 0.1) is 23.0 Å². The second kappa shape index (κ2) is 9.20. The second-order valence-corrected chi connectivity index (χ2v) is 6.18. The van der Waals surface area contributed by atoms with Gasteiger partial charge in [0.1, 0.15) is 29.0 Å². The monoisotopic (exact) mass is 412 g/mol. The quantitative estimate of drug-likeness (QED) is 0.423. The molecule has 0 bridgehead atoms. The molecule has 0 unspecified atom stereocenters. The molecule has 3 aromatic rings. The van der Waals surface area contributed by atoms with Crippen molar-refractivity contribution in [1.29, 1.82) is 5.26 Å². The van der Waals surface area contributed by atoms with Gasteiger partial charge >= 0.3 is 5.97 Å². The van der Waals surface area contributed by atoms with Crippen LogP contribution >= 0.6 is 0 Å². The van der Waals surface area contributed by atoms with Crippen molar-refractivity contribution < 1.29 is 27.8 Å². The number of nitrogens with zero attached hydrogens (tertiary/aromatic N) is 2. The molecule has 0 aliphatic heterocycles. The number of methoxy groups -OCH3 is 1. The lowest BCUT2D eigenvalue weighted by Crippen LogP contribution is -2.10. The summed E-state index contributed by atoms with van der Waals surface area (Å²) in [5.74, 6) is -1.59. The van der Waals surface area contributed by atoms with Crippen LogP contribution in [-0.2, 0) is 9.47 Å². The molecule has 0 radical (unpaired) electrons. The minimum Gasteiger partial charge on any atom is -0.467 e. The molecule has 0 saturated carbocycles. The van der Waals surface area contributed by atoms with E-state index in [2.05, 4.69) is 0 Å². The molecule has 0 saturated heterocycles. The van der Waals surface area contributed by atoms with Gasteiger partial charge in [-0.05, 0) is 37.3 Å². The van der Waals surface area contributed by atoms with Crippen molar-refractivity contribution in [2.75, 3.05) is 20.5 Å². The van der Waals surface area contributed by atoms with Crippen LogP contribution < -0.4 is 4.74 Å². The Morgan fingerprint density at radius 1 is 1.13 bits per heavy atom. The zero-order chi connectivity index (χ0) is 21.7. The molecule has 2 aromatic carbocycles. The van der Waals surface area contributed by atoms with Crippen molar-refractivity contribution in [2.45, 2.75) is 6.92 Å². The SMILES string of the molecule is CCOC(=O)c1ccc(-n2cc(C#N)c(-c3cc(F)ccc3F)c2)cc1OCOC. The van der Waals surface area contributed by atoms with Crippen molar-refractivity contribution in [3.8, 4) is 28.6 Å². The van der Waals surface area contributed by atoms with Crippen LogP contribution in [0.1, 0.15) is 22.8 Å². The average molecular weight is 412 g/mol. The van der Waals surface area contributed by atoms with Crippen molar-refractivity contribution in [2.24, 2.45) is 0 Å². The molecule has 30 heavy (non-hydrogen) atoms. The third kappa shape index (κ3) is 4.31. The van der Waals surface area contributed by atoms with E-state index in [1.165, 1.54) is 25.6 Å². The molecule has 0 amide bonds. The number of halogens is 2. The lowest BCUT2D eigenvalue weighted by molar-refractivity contribution is 0.0438. The van der Waals surface area contributed by atoms with Crippen molar-refractivity contribution in [3.63, 3.8) is 0 Å². The molecule has 0 fully saturated rings. The number of hydrogen-bond donors (Lipinski definition) is 0. The average Bonchev–Trinajstić information content (AvgIpc) is 3.18. The summed E-state index contributed by atoms with van der Waals surface area (Å²) in [6.07, 6.45) is 3.00. The van der Waals surface area contributed by atoms with Crippen LogP contribution in [0.4, 0.5) is 8.78 Å². The van der Waals surface area contributed by atoms with Gasteiger partial charge in [0.2, 0.25) is 0 Å². The van der Waals surface area contributed by atoms with Gasteiger partial charge < -0.3 is 18.8 Å². The first-order chi connectivity index (χ1) is 14.5. The fourth-order valence-electron chi connectivity index (χ4n) is 2.90. The molecule has 0 aliphatic carbocycles.